The Labute approximate surface area is 102 Å². The summed E-state index contributed by atoms with van der Waals surface area (Å²) in [6.07, 6.45) is 9.20. The fourth-order valence-electron chi connectivity index (χ4n) is 1.89. The van der Waals surface area contributed by atoms with Gasteiger partial charge in [-0.3, -0.25) is 9.97 Å². The predicted octanol–water partition coefficient (Wildman–Crippen LogP) is 2.42. The molecule has 0 aliphatic rings. The molecule has 88 valence electrons. The Morgan fingerprint density at radius 2 is 1.82 bits per heavy atom. The number of aromatic nitrogens is 2. The third-order valence-electron chi connectivity index (χ3n) is 2.97. The fraction of sp³-hybridized carbons (Fsp3) is 0.286. The maximum Gasteiger partial charge on any atom is 0.0318 e. The molecular formula is C14H17N3. The van der Waals surface area contributed by atoms with Crippen molar-refractivity contribution in [3.8, 4) is 0 Å². The highest BCUT2D eigenvalue weighted by Crippen LogP contribution is 2.18. The Kier molecular flexibility index (Phi) is 3.83. The molecule has 17 heavy (non-hydrogen) atoms. The van der Waals surface area contributed by atoms with Crippen LogP contribution in [0.3, 0.4) is 0 Å². The Morgan fingerprint density at radius 3 is 2.53 bits per heavy atom. The largest absolute Gasteiger partial charge is 0.324 e. The average Bonchev–Trinajstić information content (AvgIpc) is 2.38. The van der Waals surface area contributed by atoms with E-state index >= 15 is 0 Å². The number of nitrogens with two attached hydrogens (primary N) is 1. The summed E-state index contributed by atoms with van der Waals surface area (Å²) in [4.78, 5) is 8.14. The van der Waals surface area contributed by atoms with Crippen LogP contribution in [0.4, 0.5) is 0 Å². The zero-order chi connectivity index (χ0) is 12.1. The lowest BCUT2D eigenvalue weighted by atomic mass is 9.98. The highest BCUT2D eigenvalue weighted by atomic mass is 14.7. The first kappa shape index (κ1) is 11.7. The summed E-state index contributed by atoms with van der Waals surface area (Å²) >= 11 is 0. The summed E-state index contributed by atoms with van der Waals surface area (Å²) in [5, 5.41) is 0. The lowest BCUT2D eigenvalue weighted by Crippen LogP contribution is -2.13. The van der Waals surface area contributed by atoms with Gasteiger partial charge in [0.25, 0.3) is 0 Å². The van der Waals surface area contributed by atoms with Gasteiger partial charge in [-0.2, -0.15) is 0 Å². The molecule has 1 unspecified atom stereocenters. The Bertz CT molecular complexity index is 468. The van der Waals surface area contributed by atoms with E-state index in [4.69, 9.17) is 5.73 Å². The monoisotopic (exact) mass is 227 g/mol. The van der Waals surface area contributed by atoms with Gasteiger partial charge in [-0.15, -0.1) is 0 Å². The van der Waals surface area contributed by atoms with Crippen molar-refractivity contribution in [3.63, 3.8) is 0 Å². The standard InChI is InChI=1S/C14H17N3/c1-11-4-7-17-10-13(11)14(15)3-2-12-5-8-16-9-6-12/h4-10,14H,2-3,15H2,1H3. The Balaban J connectivity index is 1.99. The molecule has 0 saturated carbocycles. The highest BCUT2D eigenvalue weighted by Gasteiger charge is 2.08. The number of hydrogen-bond acceptors (Lipinski definition) is 3. The van der Waals surface area contributed by atoms with E-state index in [0.717, 1.165) is 18.4 Å². The van der Waals surface area contributed by atoms with E-state index in [9.17, 15) is 0 Å². The normalized spacial score (nSPS) is 12.4. The molecule has 0 aliphatic carbocycles. The van der Waals surface area contributed by atoms with Gasteiger partial charge >= 0.3 is 0 Å². The first-order valence-corrected chi connectivity index (χ1v) is 5.82. The van der Waals surface area contributed by atoms with Gasteiger partial charge in [0.05, 0.1) is 0 Å². The van der Waals surface area contributed by atoms with Gasteiger partial charge < -0.3 is 5.73 Å². The third-order valence-corrected chi connectivity index (χ3v) is 2.97. The zero-order valence-electron chi connectivity index (χ0n) is 10.0. The molecule has 0 fully saturated rings. The smallest absolute Gasteiger partial charge is 0.0318 e. The van der Waals surface area contributed by atoms with Crippen LogP contribution in [0, 0.1) is 6.92 Å². The van der Waals surface area contributed by atoms with Gasteiger partial charge in [-0.25, -0.2) is 0 Å². The zero-order valence-corrected chi connectivity index (χ0v) is 10.0. The second-order valence-corrected chi connectivity index (χ2v) is 4.23. The second kappa shape index (κ2) is 5.55. The van der Waals surface area contributed by atoms with E-state index in [-0.39, 0.29) is 6.04 Å². The molecule has 0 aromatic carbocycles. The predicted molar refractivity (Wildman–Crippen MR) is 68.5 cm³/mol. The van der Waals surface area contributed by atoms with Crippen molar-refractivity contribution in [2.24, 2.45) is 5.73 Å². The molecule has 2 N–H and O–H groups in total. The van der Waals surface area contributed by atoms with Crippen LogP contribution < -0.4 is 5.73 Å². The van der Waals surface area contributed by atoms with Crippen molar-refractivity contribution < 1.29 is 0 Å². The molecule has 0 radical (unpaired) electrons. The topological polar surface area (TPSA) is 51.8 Å². The number of hydrogen-bond donors (Lipinski definition) is 1. The average molecular weight is 227 g/mol. The van der Waals surface area contributed by atoms with E-state index in [0.29, 0.717) is 0 Å². The van der Waals surface area contributed by atoms with Crippen LogP contribution in [0.1, 0.15) is 29.2 Å². The SMILES string of the molecule is Cc1ccncc1C(N)CCc1ccncc1. The van der Waals surface area contributed by atoms with Crippen LogP contribution in [-0.2, 0) is 6.42 Å². The van der Waals surface area contributed by atoms with E-state index < -0.39 is 0 Å². The Hall–Kier alpha value is -1.74. The van der Waals surface area contributed by atoms with Crippen molar-refractivity contribution in [1.29, 1.82) is 0 Å². The van der Waals surface area contributed by atoms with Gasteiger partial charge in [0.15, 0.2) is 0 Å². The minimum absolute atomic E-state index is 0.0527. The molecule has 0 spiro atoms. The van der Waals surface area contributed by atoms with Crippen molar-refractivity contribution in [2.75, 3.05) is 0 Å². The van der Waals surface area contributed by atoms with Crippen LogP contribution in [0.25, 0.3) is 0 Å². The van der Waals surface area contributed by atoms with Crippen molar-refractivity contribution in [2.45, 2.75) is 25.8 Å². The quantitative estimate of drug-likeness (QED) is 0.872. The van der Waals surface area contributed by atoms with Gasteiger partial charge in [-0.05, 0) is 54.7 Å². The highest BCUT2D eigenvalue weighted by molar-refractivity contribution is 5.25. The van der Waals surface area contributed by atoms with Crippen molar-refractivity contribution in [1.82, 2.24) is 9.97 Å². The number of pyridine rings is 2. The molecule has 2 rings (SSSR count). The van der Waals surface area contributed by atoms with Gasteiger partial charge in [-0.1, -0.05) is 0 Å². The summed E-state index contributed by atoms with van der Waals surface area (Å²) in [7, 11) is 0. The maximum absolute atomic E-state index is 6.19. The molecule has 3 nitrogen and oxygen atoms in total. The Morgan fingerprint density at radius 1 is 1.12 bits per heavy atom. The van der Waals surface area contributed by atoms with Crippen molar-refractivity contribution in [3.05, 3.63) is 59.7 Å². The van der Waals surface area contributed by atoms with E-state index in [1.165, 1.54) is 11.1 Å². The molecule has 0 aliphatic heterocycles. The summed E-state index contributed by atoms with van der Waals surface area (Å²) in [5.41, 5.74) is 9.81. The van der Waals surface area contributed by atoms with E-state index in [1.54, 1.807) is 6.20 Å². The summed E-state index contributed by atoms with van der Waals surface area (Å²) in [6, 6.07) is 6.12. The molecule has 2 heterocycles. The molecule has 2 aromatic rings. The summed E-state index contributed by atoms with van der Waals surface area (Å²) in [5.74, 6) is 0. The maximum atomic E-state index is 6.19. The van der Waals surface area contributed by atoms with Crippen LogP contribution in [-0.4, -0.2) is 9.97 Å². The van der Waals surface area contributed by atoms with Crippen LogP contribution in [0.15, 0.2) is 43.0 Å². The fourth-order valence-corrected chi connectivity index (χ4v) is 1.89. The lowest BCUT2D eigenvalue weighted by molar-refractivity contribution is 0.645. The molecule has 1 atom stereocenters. The molecule has 0 amide bonds. The molecule has 0 saturated heterocycles. The summed E-state index contributed by atoms with van der Waals surface area (Å²) in [6.45, 7) is 2.07. The van der Waals surface area contributed by atoms with E-state index in [2.05, 4.69) is 16.9 Å². The minimum atomic E-state index is 0.0527. The number of nitrogens with zero attached hydrogens (tertiary/aromatic N) is 2. The van der Waals surface area contributed by atoms with Gasteiger partial charge in [0, 0.05) is 30.8 Å². The van der Waals surface area contributed by atoms with Gasteiger partial charge in [0.1, 0.15) is 0 Å². The first-order chi connectivity index (χ1) is 8.27. The molecular weight excluding hydrogens is 210 g/mol. The number of rotatable bonds is 4. The second-order valence-electron chi connectivity index (χ2n) is 4.23. The van der Waals surface area contributed by atoms with Crippen molar-refractivity contribution >= 4 is 0 Å². The van der Waals surface area contributed by atoms with Crippen LogP contribution in [0.5, 0.6) is 0 Å². The van der Waals surface area contributed by atoms with Gasteiger partial charge in [0.2, 0.25) is 0 Å². The van der Waals surface area contributed by atoms with Crippen LogP contribution in [0.2, 0.25) is 0 Å². The van der Waals surface area contributed by atoms with E-state index in [1.807, 2.05) is 36.8 Å². The van der Waals surface area contributed by atoms with Crippen LogP contribution >= 0.6 is 0 Å². The number of aryl methyl sites for hydroxylation is 2. The molecule has 3 heteroatoms. The minimum Gasteiger partial charge on any atom is -0.324 e. The lowest BCUT2D eigenvalue weighted by Gasteiger charge is -2.13. The third kappa shape index (κ3) is 3.11. The molecule has 2 aromatic heterocycles. The first-order valence-electron chi connectivity index (χ1n) is 5.82. The molecule has 0 bridgehead atoms. The summed E-state index contributed by atoms with van der Waals surface area (Å²) < 4.78 is 0.